The van der Waals surface area contributed by atoms with Crippen molar-refractivity contribution < 1.29 is 10.0 Å². The minimum atomic E-state index is -0.417. The molecule has 0 bridgehead atoms. The SMILES string of the molecule is CCC(NC(=O)N(C)C)C(N)=NO. The lowest BCUT2D eigenvalue weighted by Gasteiger charge is -2.18. The van der Waals surface area contributed by atoms with Crippen molar-refractivity contribution in [3.05, 3.63) is 0 Å². The summed E-state index contributed by atoms with van der Waals surface area (Å²) < 4.78 is 0. The van der Waals surface area contributed by atoms with Crippen molar-refractivity contribution in [1.29, 1.82) is 0 Å². The molecule has 0 rings (SSSR count). The van der Waals surface area contributed by atoms with Gasteiger partial charge in [0.15, 0.2) is 5.84 Å². The minimum Gasteiger partial charge on any atom is -0.409 e. The lowest BCUT2D eigenvalue weighted by molar-refractivity contribution is 0.215. The highest BCUT2D eigenvalue weighted by Gasteiger charge is 2.15. The fourth-order valence-electron chi connectivity index (χ4n) is 0.733. The average Bonchev–Trinajstić information content (AvgIpc) is 2.12. The van der Waals surface area contributed by atoms with Crippen molar-refractivity contribution in [3.8, 4) is 0 Å². The largest absolute Gasteiger partial charge is 0.409 e. The molecule has 0 saturated carbocycles. The molecule has 0 aromatic rings. The molecule has 1 unspecified atom stereocenters. The number of carbonyl (C=O) groups excluding carboxylic acids is 1. The van der Waals surface area contributed by atoms with Crippen LogP contribution in [0.5, 0.6) is 0 Å². The van der Waals surface area contributed by atoms with Gasteiger partial charge in [0, 0.05) is 14.1 Å². The molecule has 6 heteroatoms. The highest BCUT2D eigenvalue weighted by molar-refractivity contribution is 5.89. The minimum absolute atomic E-state index is 0.0118. The molecule has 0 aromatic heterocycles. The van der Waals surface area contributed by atoms with Crippen molar-refractivity contribution in [1.82, 2.24) is 10.2 Å². The second-order valence-electron chi connectivity index (χ2n) is 2.83. The number of oxime groups is 1. The molecule has 0 fully saturated rings. The molecule has 0 spiro atoms. The van der Waals surface area contributed by atoms with E-state index in [1.807, 2.05) is 6.92 Å². The van der Waals surface area contributed by atoms with Gasteiger partial charge in [0.2, 0.25) is 0 Å². The first kappa shape index (κ1) is 11.5. The number of nitrogens with one attached hydrogen (secondary N) is 1. The Bertz CT molecular complexity index is 203. The summed E-state index contributed by atoms with van der Waals surface area (Å²) in [6.45, 7) is 1.83. The lowest BCUT2D eigenvalue weighted by Crippen LogP contribution is -2.47. The summed E-state index contributed by atoms with van der Waals surface area (Å²) in [6.07, 6.45) is 0.579. The van der Waals surface area contributed by atoms with Crippen LogP contribution in [0.4, 0.5) is 4.79 Å². The van der Waals surface area contributed by atoms with Gasteiger partial charge in [0.25, 0.3) is 0 Å². The maximum absolute atomic E-state index is 11.2. The van der Waals surface area contributed by atoms with Gasteiger partial charge in [-0.05, 0) is 6.42 Å². The van der Waals surface area contributed by atoms with Crippen molar-refractivity contribution in [2.45, 2.75) is 19.4 Å². The molecular formula is C7H16N4O2. The highest BCUT2D eigenvalue weighted by atomic mass is 16.4. The predicted molar refractivity (Wildman–Crippen MR) is 49.7 cm³/mol. The van der Waals surface area contributed by atoms with Gasteiger partial charge in [-0.1, -0.05) is 12.1 Å². The second kappa shape index (κ2) is 5.23. The Hall–Kier alpha value is -1.46. The molecule has 0 heterocycles. The van der Waals surface area contributed by atoms with E-state index in [1.54, 1.807) is 14.1 Å². The third kappa shape index (κ3) is 3.64. The van der Waals surface area contributed by atoms with Crippen molar-refractivity contribution in [3.63, 3.8) is 0 Å². The van der Waals surface area contributed by atoms with Gasteiger partial charge in [0.1, 0.15) is 0 Å². The van der Waals surface area contributed by atoms with E-state index in [0.717, 1.165) is 0 Å². The smallest absolute Gasteiger partial charge is 0.317 e. The van der Waals surface area contributed by atoms with E-state index in [-0.39, 0.29) is 11.9 Å². The Balaban J connectivity index is 4.22. The summed E-state index contributed by atoms with van der Waals surface area (Å²) in [5.41, 5.74) is 5.34. The number of nitrogens with two attached hydrogens (primary N) is 1. The van der Waals surface area contributed by atoms with E-state index >= 15 is 0 Å². The van der Waals surface area contributed by atoms with E-state index in [0.29, 0.717) is 6.42 Å². The second-order valence-corrected chi connectivity index (χ2v) is 2.83. The number of hydrogen-bond donors (Lipinski definition) is 3. The van der Waals surface area contributed by atoms with Gasteiger partial charge in [0.05, 0.1) is 6.04 Å². The zero-order valence-electron chi connectivity index (χ0n) is 8.11. The van der Waals surface area contributed by atoms with Crippen molar-refractivity contribution in [2.24, 2.45) is 10.9 Å². The number of nitrogens with zero attached hydrogens (tertiary/aromatic N) is 2. The average molecular weight is 188 g/mol. The van der Waals surface area contributed by atoms with E-state index in [4.69, 9.17) is 10.9 Å². The molecule has 6 nitrogen and oxygen atoms in total. The highest BCUT2D eigenvalue weighted by Crippen LogP contribution is 1.92. The molecule has 76 valence electrons. The van der Waals surface area contributed by atoms with E-state index in [9.17, 15) is 4.79 Å². The molecule has 1 atom stereocenters. The van der Waals surface area contributed by atoms with Gasteiger partial charge < -0.3 is 21.2 Å². The van der Waals surface area contributed by atoms with Crippen LogP contribution in [-0.4, -0.2) is 42.1 Å². The molecule has 2 amide bonds. The van der Waals surface area contributed by atoms with Crippen molar-refractivity contribution in [2.75, 3.05) is 14.1 Å². The van der Waals surface area contributed by atoms with Crippen LogP contribution in [0.25, 0.3) is 0 Å². The maximum atomic E-state index is 11.2. The van der Waals surface area contributed by atoms with E-state index in [2.05, 4.69) is 10.5 Å². The first-order chi connectivity index (χ1) is 6.02. The zero-order chi connectivity index (χ0) is 10.4. The maximum Gasteiger partial charge on any atom is 0.317 e. The number of urea groups is 1. The zero-order valence-corrected chi connectivity index (χ0v) is 8.11. The summed E-state index contributed by atoms with van der Waals surface area (Å²) in [7, 11) is 3.24. The van der Waals surface area contributed by atoms with Gasteiger partial charge in [-0.25, -0.2) is 4.79 Å². The molecule has 0 aromatic carbocycles. The summed E-state index contributed by atoms with van der Waals surface area (Å²) >= 11 is 0. The molecule has 0 aliphatic carbocycles. The molecule has 13 heavy (non-hydrogen) atoms. The third-order valence-corrected chi connectivity index (χ3v) is 1.58. The Morgan fingerprint density at radius 2 is 2.23 bits per heavy atom. The summed E-state index contributed by atoms with van der Waals surface area (Å²) in [5.74, 6) is 0.0118. The van der Waals surface area contributed by atoms with Crippen LogP contribution in [-0.2, 0) is 0 Å². The van der Waals surface area contributed by atoms with Crippen molar-refractivity contribution >= 4 is 11.9 Å². The van der Waals surface area contributed by atoms with Crippen LogP contribution in [0.15, 0.2) is 5.16 Å². The number of hydrogen-bond acceptors (Lipinski definition) is 3. The lowest BCUT2D eigenvalue weighted by atomic mass is 10.2. The molecule has 0 saturated heterocycles. The Labute approximate surface area is 77.4 Å². The van der Waals surface area contributed by atoms with Crippen LogP contribution >= 0.6 is 0 Å². The molecule has 4 N–H and O–H groups in total. The Kier molecular flexibility index (Phi) is 4.64. The van der Waals surface area contributed by atoms with E-state index in [1.165, 1.54) is 4.90 Å². The van der Waals surface area contributed by atoms with Crippen LogP contribution in [0.2, 0.25) is 0 Å². The van der Waals surface area contributed by atoms with Crippen LogP contribution in [0.3, 0.4) is 0 Å². The molecule has 0 radical (unpaired) electrons. The normalized spacial score (nSPS) is 13.6. The van der Waals surface area contributed by atoms with Crippen LogP contribution in [0.1, 0.15) is 13.3 Å². The topological polar surface area (TPSA) is 91.0 Å². The molecule has 0 aliphatic heterocycles. The number of rotatable bonds is 3. The quantitative estimate of drug-likeness (QED) is 0.247. The van der Waals surface area contributed by atoms with E-state index < -0.39 is 6.04 Å². The van der Waals surface area contributed by atoms with Crippen LogP contribution in [0, 0.1) is 0 Å². The fraction of sp³-hybridized carbons (Fsp3) is 0.714. The summed E-state index contributed by atoms with van der Waals surface area (Å²) in [5, 5.41) is 13.8. The fourth-order valence-corrected chi connectivity index (χ4v) is 0.733. The van der Waals surface area contributed by atoms with Gasteiger partial charge >= 0.3 is 6.03 Å². The molecule has 0 aliphatic rings. The molecular weight excluding hydrogens is 172 g/mol. The number of carbonyl (C=O) groups is 1. The first-order valence-electron chi connectivity index (χ1n) is 3.98. The monoisotopic (exact) mass is 188 g/mol. The number of amides is 2. The Morgan fingerprint density at radius 3 is 2.54 bits per heavy atom. The van der Waals surface area contributed by atoms with Gasteiger partial charge in [-0.2, -0.15) is 0 Å². The summed E-state index contributed by atoms with van der Waals surface area (Å²) in [6, 6.07) is -0.682. The first-order valence-corrected chi connectivity index (χ1v) is 3.98. The summed E-state index contributed by atoms with van der Waals surface area (Å²) in [4.78, 5) is 12.5. The Morgan fingerprint density at radius 1 is 1.69 bits per heavy atom. The van der Waals surface area contributed by atoms with Crippen LogP contribution < -0.4 is 11.1 Å². The standard InChI is InChI=1S/C7H16N4O2/c1-4-5(6(8)10-13)9-7(12)11(2)3/h5,13H,4H2,1-3H3,(H2,8,10)(H,9,12). The number of amidine groups is 1. The predicted octanol–water partition coefficient (Wildman–Crippen LogP) is -0.217. The van der Waals surface area contributed by atoms with Gasteiger partial charge in [-0.15, -0.1) is 0 Å². The third-order valence-electron chi connectivity index (χ3n) is 1.58. The van der Waals surface area contributed by atoms with Gasteiger partial charge in [-0.3, -0.25) is 0 Å².